The highest BCUT2D eigenvalue weighted by Gasteiger charge is 2.18. The van der Waals surface area contributed by atoms with Crippen molar-refractivity contribution in [3.8, 4) is 22.6 Å². The third-order valence-electron chi connectivity index (χ3n) is 4.61. The molecule has 4 rings (SSSR count). The Balaban J connectivity index is 2.08. The first-order valence-electron chi connectivity index (χ1n) is 8.52. The van der Waals surface area contributed by atoms with E-state index < -0.39 is 28.6 Å². The lowest BCUT2D eigenvalue weighted by molar-refractivity contribution is 0.0695. The topological polar surface area (TPSA) is 79.5 Å². The summed E-state index contributed by atoms with van der Waals surface area (Å²) in [7, 11) is 0. The third kappa shape index (κ3) is 3.23. The average molecular weight is 393 g/mol. The van der Waals surface area contributed by atoms with Crippen molar-refractivity contribution in [3.63, 3.8) is 0 Å². The van der Waals surface area contributed by atoms with Gasteiger partial charge in [-0.15, -0.1) is 0 Å². The minimum atomic E-state index is -1.45. The molecule has 0 radical (unpaired) electrons. The molecule has 3 aromatic carbocycles. The number of aromatic carboxylic acids is 1. The van der Waals surface area contributed by atoms with Crippen LogP contribution in [0.3, 0.4) is 0 Å². The first-order valence-corrected chi connectivity index (χ1v) is 8.52. The molecule has 4 aromatic rings. The van der Waals surface area contributed by atoms with Crippen molar-refractivity contribution >= 4 is 16.9 Å². The van der Waals surface area contributed by atoms with Gasteiger partial charge in [-0.25, -0.2) is 13.6 Å². The van der Waals surface area contributed by atoms with Gasteiger partial charge in [-0.3, -0.25) is 4.79 Å². The molecule has 2 N–H and O–H groups in total. The Morgan fingerprint density at radius 1 is 0.931 bits per heavy atom. The van der Waals surface area contributed by atoms with E-state index in [4.69, 9.17) is 0 Å². The summed E-state index contributed by atoms with van der Waals surface area (Å²) in [4.78, 5) is 24.1. The maximum absolute atomic E-state index is 14.8. The largest absolute Gasteiger partial charge is 0.508 e. The molecular formula is C22H13F2NO4. The predicted molar refractivity (Wildman–Crippen MR) is 104 cm³/mol. The number of hydrogen-bond donors (Lipinski definition) is 2. The summed E-state index contributed by atoms with van der Waals surface area (Å²) in [6.07, 6.45) is 1.14. The van der Waals surface area contributed by atoms with Crippen LogP contribution in [0.2, 0.25) is 0 Å². The molecule has 0 aliphatic heterocycles. The molecule has 1 aromatic heterocycles. The molecule has 5 nitrogen and oxygen atoms in total. The van der Waals surface area contributed by atoms with Gasteiger partial charge in [-0.05, 0) is 54.1 Å². The maximum atomic E-state index is 14.8. The summed E-state index contributed by atoms with van der Waals surface area (Å²) < 4.78 is 29.5. The van der Waals surface area contributed by atoms with E-state index in [9.17, 15) is 28.6 Å². The number of fused-ring (bicyclic) bond motifs is 1. The van der Waals surface area contributed by atoms with E-state index >= 15 is 0 Å². The highest BCUT2D eigenvalue weighted by Crippen LogP contribution is 2.29. The van der Waals surface area contributed by atoms with Crippen molar-refractivity contribution < 1.29 is 23.8 Å². The Morgan fingerprint density at radius 2 is 1.59 bits per heavy atom. The number of carboxylic acid groups (broad SMARTS) is 1. The second-order valence-electron chi connectivity index (χ2n) is 6.42. The number of rotatable bonds is 3. The summed E-state index contributed by atoms with van der Waals surface area (Å²) >= 11 is 0. The number of carbonyl (C=O) groups is 1. The van der Waals surface area contributed by atoms with Crippen molar-refractivity contribution in [2.45, 2.75) is 0 Å². The zero-order valence-electron chi connectivity index (χ0n) is 14.8. The summed E-state index contributed by atoms with van der Waals surface area (Å²) in [5.41, 5.74) is -0.0580. The molecule has 1 heterocycles. The monoisotopic (exact) mass is 393 g/mol. The first-order chi connectivity index (χ1) is 13.8. The zero-order chi connectivity index (χ0) is 20.7. The molecule has 144 valence electrons. The minimum Gasteiger partial charge on any atom is -0.508 e. The molecule has 0 atom stereocenters. The molecule has 0 saturated carbocycles. The molecule has 0 aliphatic carbocycles. The van der Waals surface area contributed by atoms with Gasteiger partial charge < -0.3 is 14.8 Å². The second kappa shape index (κ2) is 6.87. The number of carboxylic acids is 1. The van der Waals surface area contributed by atoms with Gasteiger partial charge in [-0.2, -0.15) is 0 Å². The van der Waals surface area contributed by atoms with Gasteiger partial charge in [0.25, 0.3) is 0 Å². The van der Waals surface area contributed by atoms with Crippen LogP contribution in [0.25, 0.3) is 27.7 Å². The molecule has 29 heavy (non-hydrogen) atoms. The lowest BCUT2D eigenvalue weighted by Crippen LogP contribution is -2.18. The van der Waals surface area contributed by atoms with E-state index in [1.165, 1.54) is 59.2 Å². The number of benzene rings is 3. The molecule has 0 saturated heterocycles. The Kier molecular flexibility index (Phi) is 4.35. The van der Waals surface area contributed by atoms with Crippen LogP contribution < -0.4 is 5.43 Å². The Hall–Kier alpha value is -4.00. The van der Waals surface area contributed by atoms with Gasteiger partial charge in [-0.1, -0.05) is 12.1 Å². The normalized spacial score (nSPS) is 11.0. The lowest BCUT2D eigenvalue weighted by Gasteiger charge is -2.14. The molecular weight excluding hydrogens is 380 g/mol. The smallest absolute Gasteiger partial charge is 0.341 e. The van der Waals surface area contributed by atoms with Crippen molar-refractivity contribution in [2.24, 2.45) is 0 Å². The summed E-state index contributed by atoms with van der Waals surface area (Å²) in [6.45, 7) is 0. The predicted octanol–water partition coefficient (Wildman–Crippen LogP) is 4.34. The summed E-state index contributed by atoms with van der Waals surface area (Å²) in [6, 6.07) is 13.5. The highest BCUT2D eigenvalue weighted by molar-refractivity contribution is 5.94. The standard InChI is InChI=1S/C22H13F2NO4/c23-13-3-5-14(6-4-13)25-11-18(22(28)29)21(27)17-9-19(24)16(10-20(17)25)12-1-7-15(26)8-2-12/h1-11,26H,(H,28,29). The van der Waals surface area contributed by atoms with Crippen LogP contribution in [-0.2, 0) is 0 Å². The molecule has 0 spiro atoms. The van der Waals surface area contributed by atoms with Crippen molar-refractivity contribution in [1.82, 2.24) is 4.57 Å². The number of pyridine rings is 1. The van der Waals surface area contributed by atoms with Crippen LogP contribution in [0, 0.1) is 11.6 Å². The molecule has 0 unspecified atom stereocenters. The number of nitrogens with zero attached hydrogens (tertiary/aromatic N) is 1. The number of phenols is 1. The Morgan fingerprint density at radius 3 is 2.21 bits per heavy atom. The van der Waals surface area contributed by atoms with E-state index in [2.05, 4.69) is 0 Å². The molecule has 0 fully saturated rings. The summed E-state index contributed by atoms with van der Waals surface area (Å²) in [5.74, 6) is -2.62. The van der Waals surface area contributed by atoms with Gasteiger partial charge in [0.2, 0.25) is 5.43 Å². The van der Waals surface area contributed by atoms with E-state index in [0.29, 0.717) is 11.3 Å². The van der Waals surface area contributed by atoms with Gasteiger partial charge in [0.15, 0.2) is 0 Å². The lowest BCUT2D eigenvalue weighted by atomic mass is 10.0. The van der Waals surface area contributed by atoms with E-state index in [0.717, 1.165) is 12.3 Å². The Labute approximate surface area is 162 Å². The van der Waals surface area contributed by atoms with Gasteiger partial charge in [0, 0.05) is 22.8 Å². The SMILES string of the molecule is O=C(O)c1cn(-c2ccc(F)cc2)c2cc(-c3ccc(O)cc3)c(F)cc2c1=O. The fraction of sp³-hybridized carbons (Fsp3) is 0. The van der Waals surface area contributed by atoms with E-state index in [-0.39, 0.29) is 22.2 Å². The van der Waals surface area contributed by atoms with E-state index in [1.807, 2.05) is 0 Å². The number of aromatic hydroxyl groups is 1. The summed E-state index contributed by atoms with van der Waals surface area (Å²) in [5, 5.41) is 18.7. The number of aromatic nitrogens is 1. The highest BCUT2D eigenvalue weighted by atomic mass is 19.1. The quantitative estimate of drug-likeness (QED) is 0.543. The number of halogens is 2. The van der Waals surface area contributed by atoms with Crippen molar-refractivity contribution in [1.29, 1.82) is 0 Å². The fourth-order valence-electron chi connectivity index (χ4n) is 3.18. The maximum Gasteiger partial charge on any atom is 0.341 e. The molecule has 0 bridgehead atoms. The van der Waals surface area contributed by atoms with Crippen LogP contribution in [0.1, 0.15) is 10.4 Å². The third-order valence-corrected chi connectivity index (χ3v) is 4.61. The minimum absolute atomic E-state index is 0.0178. The van der Waals surface area contributed by atoms with Gasteiger partial charge in [0.1, 0.15) is 22.9 Å². The van der Waals surface area contributed by atoms with Gasteiger partial charge in [0.05, 0.1) is 5.52 Å². The first kappa shape index (κ1) is 18.4. The van der Waals surface area contributed by atoms with E-state index in [1.54, 1.807) is 0 Å². The van der Waals surface area contributed by atoms with Crippen molar-refractivity contribution in [3.05, 3.63) is 94.3 Å². The zero-order valence-corrected chi connectivity index (χ0v) is 14.8. The van der Waals surface area contributed by atoms with Crippen LogP contribution in [0.4, 0.5) is 8.78 Å². The Bertz CT molecular complexity index is 1310. The second-order valence-corrected chi connectivity index (χ2v) is 6.42. The molecule has 7 heteroatoms. The average Bonchev–Trinajstić information content (AvgIpc) is 2.70. The number of phenolic OH excluding ortho intramolecular Hbond substituents is 1. The van der Waals surface area contributed by atoms with Crippen LogP contribution >= 0.6 is 0 Å². The molecule has 0 aliphatic rings. The number of hydrogen-bond acceptors (Lipinski definition) is 3. The van der Waals surface area contributed by atoms with Crippen LogP contribution in [-0.4, -0.2) is 20.7 Å². The van der Waals surface area contributed by atoms with Crippen LogP contribution in [0.5, 0.6) is 5.75 Å². The van der Waals surface area contributed by atoms with Crippen molar-refractivity contribution in [2.75, 3.05) is 0 Å². The van der Waals surface area contributed by atoms with Gasteiger partial charge >= 0.3 is 5.97 Å². The molecule has 0 amide bonds. The van der Waals surface area contributed by atoms with Crippen LogP contribution in [0.15, 0.2) is 71.7 Å². The fourth-order valence-corrected chi connectivity index (χ4v) is 3.18.